The number of carbonyl (C=O) groups excluding carboxylic acids is 1. The van der Waals surface area contributed by atoms with E-state index in [0.29, 0.717) is 25.2 Å². The molecule has 1 aromatic carbocycles. The van der Waals surface area contributed by atoms with Crippen molar-refractivity contribution in [1.82, 2.24) is 0 Å². The third-order valence-corrected chi connectivity index (χ3v) is 3.35. The molecule has 1 aromatic rings. The van der Waals surface area contributed by atoms with E-state index >= 15 is 0 Å². The van der Waals surface area contributed by atoms with Crippen molar-refractivity contribution in [1.29, 1.82) is 0 Å². The summed E-state index contributed by atoms with van der Waals surface area (Å²) in [6.07, 6.45) is 1.07. The van der Waals surface area contributed by atoms with E-state index < -0.39 is 0 Å². The molecule has 2 rings (SSSR count). The molecule has 1 unspecified atom stereocenters. The lowest BCUT2D eigenvalue weighted by molar-refractivity contribution is -0.128. The molecule has 0 aromatic heterocycles. The van der Waals surface area contributed by atoms with Gasteiger partial charge in [-0.1, -0.05) is 18.2 Å². The molecule has 74 valence electrons. The fourth-order valence-corrected chi connectivity index (χ4v) is 2.35. The molecule has 0 saturated carbocycles. The molecule has 1 aliphatic heterocycles. The fraction of sp³-hybridized carbons (Fsp3) is 0.364. The van der Waals surface area contributed by atoms with Crippen molar-refractivity contribution in [3.05, 3.63) is 33.4 Å². The zero-order valence-corrected chi connectivity index (χ0v) is 9.86. The van der Waals surface area contributed by atoms with Crippen LogP contribution >= 0.6 is 22.6 Å². The molecule has 0 radical (unpaired) electrons. The third-order valence-electron chi connectivity index (χ3n) is 2.37. The van der Waals surface area contributed by atoms with Crippen LogP contribution < -0.4 is 0 Å². The van der Waals surface area contributed by atoms with E-state index in [9.17, 15) is 4.79 Å². The fourth-order valence-electron chi connectivity index (χ4n) is 1.62. The summed E-state index contributed by atoms with van der Waals surface area (Å²) in [4.78, 5) is 11.3. The second-order valence-corrected chi connectivity index (χ2v) is 4.54. The van der Waals surface area contributed by atoms with Crippen LogP contribution in [0.25, 0.3) is 0 Å². The molecular weight excluding hydrogens is 291 g/mol. The molecular formula is C11H11IO2. The molecule has 0 amide bonds. The largest absolute Gasteiger partial charge is 0.373 e. The molecule has 0 bridgehead atoms. The van der Waals surface area contributed by atoms with Crippen molar-refractivity contribution in [3.8, 4) is 0 Å². The molecule has 2 nitrogen and oxygen atoms in total. The summed E-state index contributed by atoms with van der Waals surface area (Å²) in [6, 6.07) is 8.05. The van der Waals surface area contributed by atoms with Crippen molar-refractivity contribution in [3.63, 3.8) is 0 Å². The van der Waals surface area contributed by atoms with Gasteiger partial charge < -0.3 is 4.74 Å². The first-order chi connectivity index (χ1) is 6.77. The van der Waals surface area contributed by atoms with Crippen molar-refractivity contribution < 1.29 is 9.53 Å². The zero-order valence-electron chi connectivity index (χ0n) is 7.70. The third kappa shape index (κ3) is 2.15. The van der Waals surface area contributed by atoms with Gasteiger partial charge in [0.1, 0.15) is 5.78 Å². The lowest BCUT2D eigenvalue weighted by Crippen LogP contribution is -2.19. The molecule has 1 atom stereocenters. The van der Waals surface area contributed by atoms with Crippen molar-refractivity contribution in [2.24, 2.45) is 0 Å². The zero-order chi connectivity index (χ0) is 9.97. The minimum Gasteiger partial charge on any atom is -0.373 e. The van der Waals surface area contributed by atoms with Crippen LogP contribution in [0.2, 0.25) is 0 Å². The Hall–Kier alpha value is -0.420. The van der Waals surface area contributed by atoms with Gasteiger partial charge in [-0.25, -0.2) is 0 Å². The van der Waals surface area contributed by atoms with Crippen LogP contribution in [-0.2, 0) is 9.53 Å². The van der Waals surface area contributed by atoms with Gasteiger partial charge in [0.2, 0.25) is 0 Å². The van der Waals surface area contributed by atoms with E-state index in [-0.39, 0.29) is 6.10 Å². The summed E-state index contributed by atoms with van der Waals surface area (Å²) < 4.78 is 6.76. The van der Waals surface area contributed by atoms with E-state index in [1.165, 1.54) is 3.57 Å². The topological polar surface area (TPSA) is 26.3 Å². The summed E-state index contributed by atoms with van der Waals surface area (Å²) >= 11 is 2.28. The summed E-state index contributed by atoms with van der Waals surface area (Å²) in [6.45, 7) is 0.564. The van der Waals surface area contributed by atoms with Crippen LogP contribution in [0.1, 0.15) is 24.5 Å². The minimum absolute atomic E-state index is 0.0238. The smallest absolute Gasteiger partial charge is 0.138 e. The molecule has 1 fully saturated rings. The monoisotopic (exact) mass is 302 g/mol. The highest BCUT2D eigenvalue weighted by molar-refractivity contribution is 14.1. The van der Waals surface area contributed by atoms with Gasteiger partial charge in [-0.2, -0.15) is 0 Å². The Labute approximate surface area is 96.8 Å². The van der Waals surface area contributed by atoms with Crippen LogP contribution in [0.15, 0.2) is 24.3 Å². The quantitative estimate of drug-likeness (QED) is 0.746. The van der Waals surface area contributed by atoms with Gasteiger partial charge in [-0.15, -0.1) is 0 Å². The molecule has 0 spiro atoms. The van der Waals surface area contributed by atoms with Gasteiger partial charge in [0.05, 0.1) is 12.7 Å². The SMILES string of the molecule is O=C1CCOC(c2ccccc2I)C1. The van der Waals surface area contributed by atoms with Gasteiger partial charge in [-0.05, 0) is 34.2 Å². The Balaban J connectivity index is 2.22. The average molecular weight is 302 g/mol. The van der Waals surface area contributed by atoms with Crippen LogP contribution in [0.3, 0.4) is 0 Å². The van der Waals surface area contributed by atoms with Gasteiger partial charge in [0, 0.05) is 16.4 Å². The molecule has 1 heterocycles. The Morgan fingerprint density at radius 1 is 1.36 bits per heavy atom. The second-order valence-electron chi connectivity index (χ2n) is 3.37. The maximum absolute atomic E-state index is 11.3. The standard InChI is InChI=1S/C11H11IO2/c12-10-4-2-1-3-9(10)11-7-8(13)5-6-14-11/h1-4,11H,5-7H2. The molecule has 0 aliphatic carbocycles. The summed E-state index contributed by atoms with van der Waals surface area (Å²) in [5, 5.41) is 0. The number of carbonyl (C=O) groups is 1. The van der Waals surface area contributed by atoms with E-state index in [2.05, 4.69) is 22.6 Å². The maximum Gasteiger partial charge on any atom is 0.138 e. The van der Waals surface area contributed by atoms with Crippen LogP contribution in [0.4, 0.5) is 0 Å². The minimum atomic E-state index is -0.0238. The average Bonchev–Trinajstić information content (AvgIpc) is 2.18. The van der Waals surface area contributed by atoms with Gasteiger partial charge in [-0.3, -0.25) is 4.79 Å². The van der Waals surface area contributed by atoms with E-state index in [1.54, 1.807) is 0 Å². The second kappa shape index (κ2) is 4.40. The van der Waals surface area contributed by atoms with Crippen molar-refractivity contribution in [2.75, 3.05) is 6.61 Å². The lowest BCUT2D eigenvalue weighted by atomic mass is 10.0. The Morgan fingerprint density at radius 2 is 2.14 bits per heavy atom. The van der Waals surface area contributed by atoms with E-state index in [0.717, 1.165) is 5.56 Å². The normalized spacial score (nSPS) is 22.4. The van der Waals surface area contributed by atoms with Gasteiger partial charge >= 0.3 is 0 Å². The Kier molecular flexibility index (Phi) is 3.18. The van der Waals surface area contributed by atoms with Gasteiger partial charge in [0.25, 0.3) is 0 Å². The predicted octanol–water partition coefficient (Wildman–Crippen LogP) is 2.71. The summed E-state index contributed by atoms with van der Waals surface area (Å²) in [7, 11) is 0. The molecule has 1 aliphatic rings. The first-order valence-electron chi connectivity index (χ1n) is 4.65. The van der Waals surface area contributed by atoms with E-state index in [1.807, 2.05) is 24.3 Å². The number of ketones is 1. The van der Waals surface area contributed by atoms with Crippen LogP contribution in [0, 0.1) is 3.57 Å². The number of halogens is 1. The van der Waals surface area contributed by atoms with E-state index in [4.69, 9.17) is 4.74 Å². The molecule has 0 N–H and O–H groups in total. The molecule has 14 heavy (non-hydrogen) atoms. The first kappa shape index (κ1) is 10.1. The van der Waals surface area contributed by atoms with Crippen molar-refractivity contribution in [2.45, 2.75) is 18.9 Å². The summed E-state index contributed by atoms with van der Waals surface area (Å²) in [5.74, 6) is 0.306. The number of hydrogen-bond donors (Lipinski definition) is 0. The Bertz CT molecular complexity index is 349. The number of ether oxygens (including phenoxy) is 1. The Morgan fingerprint density at radius 3 is 2.86 bits per heavy atom. The highest BCUT2D eigenvalue weighted by Gasteiger charge is 2.22. The number of benzene rings is 1. The molecule has 1 saturated heterocycles. The predicted molar refractivity (Wildman–Crippen MR) is 62.1 cm³/mol. The maximum atomic E-state index is 11.3. The first-order valence-corrected chi connectivity index (χ1v) is 5.73. The summed E-state index contributed by atoms with van der Waals surface area (Å²) in [5.41, 5.74) is 1.14. The highest BCUT2D eigenvalue weighted by atomic mass is 127. The number of hydrogen-bond acceptors (Lipinski definition) is 2. The highest BCUT2D eigenvalue weighted by Crippen LogP contribution is 2.29. The number of Topliss-reactive ketones (excluding diaryl/α,β-unsaturated/α-hetero) is 1. The van der Waals surface area contributed by atoms with Crippen molar-refractivity contribution >= 4 is 28.4 Å². The van der Waals surface area contributed by atoms with Crippen LogP contribution in [0.5, 0.6) is 0 Å². The molecule has 3 heteroatoms. The van der Waals surface area contributed by atoms with Gasteiger partial charge in [0.15, 0.2) is 0 Å². The number of rotatable bonds is 1. The van der Waals surface area contributed by atoms with Crippen LogP contribution in [-0.4, -0.2) is 12.4 Å². The lowest BCUT2D eigenvalue weighted by Gasteiger charge is -2.22.